The van der Waals surface area contributed by atoms with Crippen molar-refractivity contribution in [3.05, 3.63) is 29.6 Å². The molecular weight excluding hydrogens is 276 g/mol. The van der Waals surface area contributed by atoms with Crippen molar-refractivity contribution in [2.45, 2.75) is 52.5 Å². The highest BCUT2D eigenvalue weighted by atomic mass is 16.2. The van der Waals surface area contributed by atoms with Gasteiger partial charge in [0, 0.05) is 17.8 Å². The number of rotatable bonds is 3. The van der Waals surface area contributed by atoms with Gasteiger partial charge in [0.1, 0.15) is 5.82 Å². The molecule has 22 heavy (non-hydrogen) atoms. The Bertz CT molecular complexity index is 722. The highest BCUT2D eigenvalue weighted by molar-refractivity contribution is 5.98. The molecule has 1 aromatic carbocycles. The third-order valence-electron chi connectivity index (χ3n) is 4.26. The molecule has 5 nitrogen and oxygen atoms in total. The van der Waals surface area contributed by atoms with Crippen molar-refractivity contribution in [1.82, 2.24) is 15.0 Å². The lowest BCUT2D eigenvalue weighted by molar-refractivity contribution is 0.0954. The quantitative estimate of drug-likeness (QED) is 0.883. The monoisotopic (exact) mass is 298 g/mol. The van der Waals surface area contributed by atoms with Crippen molar-refractivity contribution in [3.8, 4) is 0 Å². The largest absolute Gasteiger partial charge is 0.329 e. The van der Waals surface area contributed by atoms with E-state index in [4.69, 9.17) is 0 Å². The number of aromatic nitrogens is 2. The van der Waals surface area contributed by atoms with E-state index in [1.54, 1.807) is 0 Å². The van der Waals surface area contributed by atoms with E-state index in [9.17, 15) is 4.79 Å². The van der Waals surface area contributed by atoms with Gasteiger partial charge in [-0.1, -0.05) is 6.42 Å². The smallest absolute Gasteiger partial charge is 0.271 e. The Balaban J connectivity index is 1.79. The number of hydrogen-bond acceptors (Lipinski definition) is 3. The van der Waals surface area contributed by atoms with Crippen LogP contribution in [0.2, 0.25) is 0 Å². The summed E-state index contributed by atoms with van der Waals surface area (Å²) in [5.41, 5.74) is 6.32. The summed E-state index contributed by atoms with van der Waals surface area (Å²) >= 11 is 0. The van der Waals surface area contributed by atoms with E-state index in [1.165, 1.54) is 19.3 Å². The van der Waals surface area contributed by atoms with Crippen LogP contribution < -0.4 is 5.43 Å². The van der Waals surface area contributed by atoms with Crippen molar-refractivity contribution in [3.63, 3.8) is 0 Å². The van der Waals surface area contributed by atoms with Crippen molar-refractivity contribution >= 4 is 22.7 Å². The number of nitrogens with zero attached hydrogens (tertiary/aromatic N) is 3. The van der Waals surface area contributed by atoms with Crippen LogP contribution in [0.5, 0.6) is 0 Å². The van der Waals surface area contributed by atoms with Gasteiger partial charge in [-0.05, 0) is 57.7 Å². The first-order valence-corrected chi connectivity index (χ1v) is 8.01. The Hall–Kier alpha value is -2.17. The Kier molecular flexibility index (Phi) is 4.22. The zero-order valence-electron chi connectivity index (χ0n) is 13.2. The molecule has 2 aromatic rings. The van der Waals surface area contributed by atoms with Gasteiger partial charge < -0.3 is 4.57 Å². The van der Waals surface area contributed by atoms with Gasteiger partial charge in [-0.3, -0.25) is 4.79 Å². The number of hydrazone groups is 1. The topological polar surface area (TPSA) is 59.3 Å². The second-order valence-electron chi connectivity index (χ2n) is 5.79. The molecular formula is C17H22N4O. The van der Waals surface area contributed by atoms with Crippen molar-refractivity contribution in [2.24, 2.45) is 5.10 Å². The van der Waals surface area contributed by atoms with Gasteiger partial charge in [0.05, 0.1) is 11.0 Å². The minimum atomic E-state index is -0.163. The fourth-order valence-corrected chi connectivity index (χ4v) is 3.06. The molecule has 1 fully saturated rings. The van der Waals surface area contributed by atoms with Crippen molar-refractivity contribution in [1.29, 1.82) is 0 Å². The lowest BCUT2D eigenvalue weighted by atomic mass is 9.99. The predicted molar refractivity (Wildman–Crippen MR) is 88.1 cm³/mol. The van der Waals surface area contributed by atoms with Crippen LogP contribution in [0.3, 0.4) is 0 Å². The first kappa shape index (κ1) is 14.8. The molecule has 1 aromatic heterocycles. The average molecular weight is 298 g/mol. The summed E-state index contributed by atoms with van der Waals surface area (Å²) in [5.74, 6) is 0.807. The van der Waals surface area contributed by atoms with E-state index in [-0.39, 0.29) is 5.91 Å². The summed E-state index contributed by atoms with van der Waals surface area (Å²) in [6.45, 7) is 4.95. The molecule has 3 rings (SSSR count). The zero-order valence-corrected chi connectivity index (χ0v) is 13.2. The highest BCUT2D eigenvalue weighted by Crippen LogP contribution is 2.18. The standard InChI is InChI=1S/C17H22N4O/c1-3-21-12(2)18-15-11-13(9-10-16(15)21)17(22)20-19-14-7-5-4-6-8-14/h9-11H,3-8H2,1-2H3,(H,20,22). The predicted octanol–water partition coefficient (Wildman–Crippen LogP) is 3.41. The first-order valence-electron chi connectivity index (χ1n) is 8.01. The summed E-state index contributed by atoms with van der Waals surface area (Å²) in [7, 11) is 0. The maximum Gasteiger partial charge on any atom is 0.271 e. The highest BCUT2D eigenvalue weighted by Gasteiger charge is 2.12. The second kappa shape index (κ2) is 6.30. The number of imidazole rings is 1. The molecule has 116 valence electrons. The summed E-state index contributed by atoms with van der Waals surface area (Å²) in [5, 5.41) is 4.27. The molecule has 0 bridgehead atoms. The minimum Gasteiger partial charge on any atom is -0.329 e. The van der Waals surface area contributed by atoms with Crippen LogP contribution in [-0.4, -0.2) is 21.2 Å². The molecule has 0 unspecified atom stereocenters. The van der Waals surface area contributed by atoms with Crippen LogP contribution in [0.25, 0.3) is 11.0 Å². The van der Waals surface area contributed by atoms with Crippen molar-refractivity contribution in [2.75, 3.05) is 0 Å². The number of benzene rings is 1. The molecule has 0 atom stereocenters. The lowest BCUT2D eigenvalue weighted by Gasteiger charge is -2.12. The van der Waals surface area contributed by atoms with Crippen LogP contribution in [0.15, 0.2) is 23.3 Å². The fourth-order valence-electron chi connectivity index (χ4n) is 3.06. The normalized spacial score (nSPS) is 15.1. The average Bonchev–Trinajstić information content (AvgIpc) is 2.87. The fraction of sp³-hybridized carbons (Fsp3) is 0.471. The maximum absolute atomic E-state index is 12.2. The number of carbonyl (C=O) groups is 1. The van der Waals surface area contributed by atoms with Gasteiger partial charge in [-0.2, -0.15) is 5.10 Å². The molecule has 0 spiro atoms. The Morgan fingerprint density at radius 1 is 1.32 bits per heavy atom. The van der Waals surface area contributed by atoms with Crippen LogP contribution >= 0.6 is 0 Å². The Labute approximate surface area is 130 Å². The van der Waals surface area contributed by atoms with Crippen LogP contribution in [0.1, 0.15) is 55.2 Å². The molecule has 5 heteroatoms. The molecule has 1 amide bonds. The molecule has 0 radical (unpaired) electrons. The molecule has 0 saturated heterocycles. The van der Waals surface area contributed by atoms with E-state index in [2.05, 4.69) is 27.0 Å². The number of nitrogens with one attached hydrogen (secondary N) is 1. The number of carbonyl (C=O) groups excluding carboxylic acids is 1. The molecule has 1 aliphatic rings. The van der Waals surface area contributed by atoms with Crippen LogP contribution in [0.4, 0.5) is 0 Å². The van der Waals surface area contributed by atoms with E-state index >= 15 is 0 Å². The molecule has 1 saturated carbocycles. The Morgan fingerprint density at radius 3 is 2.82 bits per heavy atom. The van der Waals surface area contributed by atoms with Gasteiger partial charge in [0.15, 0.2) is 0 Å². The van der Waals surface area contributed by atoms with Crippen LogP contribution in [0, 0.1) is 6.92 Å². The van der Waals surface area contributed by atoms with Crippen LogP contribution in [-0.2, 0) is 6.54 Å². The summed E-state index contributed by atoms with van der Waals surface area (Å²) in [4.78, 5) is 16.8. The molecule has 1 heterocycles. The van der Waals surface area contributed by atoms with E-state index < -0.39 is 0 Å². The first-order chi connectivity index (χ1) is 10.7. The lowest BCUT2D eigenvalue weighted by Crippen LogP contribution is -2.20. The van der Waals surface area contributed by atoms with Gasteiger partial charge in [0.2, 0.25) is 0 Å². The number of amides is 1. The number of hydrogen-bond donors (Lipinski definition) is 1. The van der Waals surface area contributed by atoms with E-state index in [0.29, 0.717) is 5.56 Å². The summed E-state index contributed by atoms with van der Waals surface area (Å²) in [6.07, 6.45) is 5.62. The molecule has 1 N–H and O–H groups in total. The molecule has 0 aliphatic heterocycles. The minimum absolute atomic E-state index is 0.163. The van der Waals surface area contributed by atoms with Crippen molar-refractivity contribution < 1.29 is 4.79 Å². The summed E-state index contributed by atoms with van der Waals surface area (Å²) in [6, 6.07) is 5.64. The third kappa shape index (κ3) is 2.89. The zero-order chi connectivity index (χ0) is 15.5. The van der Waals surface area contributed by atoms with E-state index in [1.807, 2.05) is 25.1 Å². The van der Waals surface area contributed by atoms with Gasteiger partial charge in [-0.15, -0.1) is 0 Å². The second-order valence-corrected chi connectivity index (χ2v) is 5.79. The maximum atomic E-state index is 12.2. The Morgan fingerprint density at radius 2 is 2.09 bits per heavy atom. The number of fused-ring (bicyclic) bond motifs is 1. The van der Waals surface area contributed by atoms with Gasteiger partial charge >= 0.3 is 0 Å². The summed E-state index contributed by atoms with van der Waals surface area (Å²) < 4.78 is 2.14. The third-order valence-corrected chi connectivity index (χ3v) is 4.26. The van der Waals surface area contributed by atoms with Gasteiger partial charge in [-0.25, -0.2) is 10.4 Å². The molecule has 1 aliphatic carbocycles. The van der Waals surface area contributed by atoms with Gasteiger partial charge in [0.25, 0.3) is 5.91 Å². The number of aryl methyl sites for hydroxylation is 2. The van der Waals surface area contributed by atoms with E-state index in [0.717, 1.165) is 42.0 Å². The SMILES string of the molecule is CCn1c(C)nc2cc(C(=O)NN=C3CCCCC3)ccc21.